The van der Waals surface area contributed by atoms with Gasteiger partial charge in [-0.1, -0.05) is 6.07 Å². The zero-order valence-electron chi connectivity index (χ0n) is 17.5. The summed E-state index contributed by atoms with van der Waals surface area (Å²) in [5.41, 5.74) is 1.46. The molecule has 10 heteroatoms. The number of benzene rings is 1. The van der Waals surface area contributed by atoms with Crippen LogP contribution in [0.2, 0.25) is 0 Å². The number of nitrogens with zero attached hydrogens (tertiary/aromatic N) is 2. The Morgan fingerprint density at radius 2 is 2.19 bits per heavy atom. The quantitative estimate of drug-likeness (QED) is 0.417. The van der Waals surface area contributed by atoms with E-state index < -0.39 is 11.6 Å². The van der Waals surface area contributed by atoms with Crippen molar-refractivity contribution in [1.29, 1.82) is 0 Å². The smallest absolute Gasteiger partial charge is 0.322 e. The highest BCUT2D eigenvalue weighted by atomic mass is 35.5. The number of hydrogen-bond donors (Lipinski definition) is 2. The van der Waals surface area contributed by atoms with Crippen LogP contribution in [0.3, 0.4) is 0 Å². The Hall–Kier alpha value is -3.59. The molecule has 3 aromatic rings. The zero-order valence-corrected chi connectivity index (χ0v) is 18.2. The van der Waals surface area contributed by atoms with Gasteiger partial charge in [-0.25, -0.2) is 4.79 Å². The summed E-state index contributed by atoms with van der Waals surface area (Å²) in [4.78, 5) is 42.0. The number of fused-ring (bicyclic) bond motifs is 2. The van der Waals surface area contributed by atoms with Gasteiger partial charge in [-0.15, -0.1) is 11.6 Å². The number of nitrogens with one attached hydrogen (secondary N) is 2. The average Bonchev–Trinajstić information content (AvgIpc) is 3.34. The number of urea groups is 1. The van der Waals surface area contributed by atoms with Gasteiger partial charge in [0.1, 0.15) is 22.6 Å². The maximum absolute atomic E-state index is 13.1. The number of alkyl halides is 1. The molecule has 0 bridgehead atoms. The Kier molecular flexibility index (Phi) is 5.75. The summed E-state index contributed by atoms with van der Waals surface area (Å²) >= 11 is 5.87. The molecule has 3 heterocycles. The minimum Gasteiger partial charge on any atom is -0.497 e. The van der Waals surface area contributed by atoms with E-state index in [0.29, 0.717) is 34.9 Å². The monoisotopic (exact) mass is 456 g/mol. The van der Waals surface area contributed by atoms with Crippen LogP contribution in [0.5, 0.6) is 5.75 Å². The molecule has 4 rings (SSSR count). The lowest BCUT2D eigenvalue weighted by molar-refractivity contribution is -0.108. The number of imide groups is 1. The molecular formula is C22H21ClN4O5. The van der Waals surface area contributed by atoms with Crippen LogP contribution in [0.1, 0.15) is 34.3 Å². The number of furan rings is 1. The SMILES string of the molecule is COc1ccc2c(c1)C(=O)N(CC(C)(NC(=O)NC=O)c1cc3cnc(CCl)cc3o1)C2. The molecular weight excluding hydrogens is 436 g/mol. The van der Waals surface area contributed by atoms with Crippen molar-refractivity contribution in [2.24, 2.45) is 0 Å². The van der Waals surface area contributed by atoms with Crippen molar-refractivity contribution in [2.45, 2.75) is 24.9 Å². The standard InChI is InChI=1S/C22H21ClN4O5/c1-22(26-21(30)25-12-28,19-5-14-9-24-15(8-23)6-18(14)32-19)11-27-10-13-3-4-16(31-2)7-17(13)20(27)29/h3-7,9,12H,8,10-11H2,1-2H3,(H2,25,26,28,30). The first-order chi connectivity index (χ1) is 15.4. The first-order valence-corrected chi connectivity index (χ1v) is 10.3. The molecule has 0 radical (unpaired) electrons. The highest BCUT2D eigenvalue weighted by molar-refractivity contribution is 6.17. The van der Waals surface area contributed by atoms with E-state index in [4.69, 9.17) is 20.8 Å². The predicted octanol–water partition coefficient (Wildman–Crippen LogP) is 2.90. The van der Waals surface area contributed by atoms with Crippen LogP contribution in [-0.4, -0.2) is 41.9 Å². The second kappa shape index (κ2) is 8.51. The van der Waals surface area contributed by atoms with Gasteiger partial charge in [0.25, 0.3) is 5.91 Å². The summed E-state index contributed by atoms with van der Waals surface area (Å²) in [5.74, 6) is 1.03. The lowest BCUT2D eigenvalue weighted by atomic mass is 9.97. The number of carbonyl (C=O) groups excluding carboxylic acids is 3. The predicted molar refractivity (Wildman–Crippen MR) is 116 cm³/mol. The molecule has 1 unspecified atom stereocenters. The number of methoxy groups -OCH3 is 1. The molecule has 0 spiro atoms. The minimum atomic E-state index is -1.14. The van der Waals surface area contributed by atoms with Crippen molar-refractivity contribution >= 4 is 40.9 Å². The summed E-state index contributed by atoms with van der Waals surface area (Å²) in [6, 6.07) is 8.09. The maximum Gasteiger partial charge on any atom is 0.322 e. The molecule has 0 aliphatic carbocycles. The molecule has 0 fully saturated rings. The van der Waals surface area contributed by atoms with Gasteiger partial charge in [0.15, 0.2) is 0 Å². The van der Waals surface area contributed by atoms with Crippen LogP contribution in [0.15, 0.2) is 40.9 Å². The van der Waals surface area contributed by atoms with E-state index >= 15 is 0 Å². The highest BCUT2D eigenvalue weighted by Crippen LogP contribution is 2.33. The molecule has 4 amide bonds. The van der Waals surface area contributed by atoms with E-state index in [-0.39, 0.29) is 24.7 Å². The van der Waals surface area contributed by atoms with Crippen molar-refractivity contribution in [3.8, 4) is 5.75 Å². The van der Waals surface area contributed by atoms with Crippen molar-refractivity contribution < 1.29 is 23.5 Å². The van der Waals surface area contributed by atoms with Crippen LogP contribution in [-0.2, 0) is 22.8 Å². The highest BCUT2D eigenvalue weighted by Gasteiger charge is 2.39. The van der Waals surface area contributed by atoms with Gasteiger partial charge < -0.3 is 19.4 Å². The molecule has 1 aliphatic heterocycles. The van der Waals surface area contributed by atoms with Crippen LogP contribution in [0.4, 0.5) is 4.79 Å². The summed E-state index contributed by atoms with van der Waals surface area (Å²) < 4.78 is 11.3. The van der Waals surface area contributed by atoms with Gasteiger partial charge in [-0.2, -0.15) is 0 Å². The lowest BCUT2D eigenvalue weighted by Gasteiger charge is -2.32. The molecule has 166 valence electrons. The number of pyridine rings is 1. The third-order valence-corrected chi connectivity index (χ3v) is 5.70. The maximum atomic E-state index is 13.1. The molecule has 1 aromatic carbocycles. The lowest BCUT2D eigenvalue weighted by Crippen LogP contribution is -2.53. The Morgan fingerprint density at radius 3 is 2.91 bits per heavy atom. The molecule has 1 atom stereocenters. The number of amides is 4. The largest absolute Gasteiger partial charge is 0.497 e. The number of hydrogen-bond acceptors (Lipinski definition) is 6. The van der Waals surface area contributed by atoms with E-state index in [1.165, 1.54) is 7.11 Å². The first kappa shape index (κ1) is 21.6. The van der Waals surface area contributed by atoms with Crippen LogP contribution in [0, 0.1) is 0 Å². The number of ether oxygens (including phenoxy) is 1. The Bertz CT molecular complexity index is 1210. The summed E-state index contributed by atoms with van der Waals surface area (Å²) in [7, 11) is 1.54. The van der Waals surface area contributed by atoms with Crippen molar-refractivity contribution in [1.82, 2.24) is 20.5 Å². The van der Waals surface area contributed by atoms with Crippen molar-refractivity contribution in [2.75, 3.05) is 13.7 Å². The van der Waals surface area contributed by atoms with Crippen LogP contribution >= 0.6 is 11.6 Å². The van der Waals surface area contributed by atoms with Gasteiger partial charge in [-0.3, -0.25) is 19.9 Å². The third-order valence-electron chi connectivity index (χ3n) is 5.42. The molecule has 1 aliphatic rings. The molecule has 0 saturated heterocycles. The zero-order chi connectivity index (χ0) is 22.9. The second-order valence-corrected chi connectivity index (χ2v) is 7.96. The molecule has 2 aromatic heterocycles. The van der Waals surface area contributed by atoms with E-state index in [1.807, 2.05) is 6.07 Å². The number of aromatic nitrogens is 1. The first-order valence-electron chi connectivity index (χ1n) is 9.80. The summed E-state index contributed by atoms with van der Waals surface area (Å²) in [6.45, 7) is 2.19. The van der Waals surface area contributed by atoms with Gasteiger partial charge in [0.2, 0.25) is 6.41 Å². The second-order valence-electron chi connectivity index (χ2n) is 7.69. The number of halogens is 1. The summed E-state index contributed by atoms with van der Waals surface area (Å²) in [5, 5.41) is 5.55. The van der Waals surface area contributed by atoms with Gasteiger partial charge in [0.05, 0.1) is 25.2 Å². The fraction of sp³-hybridized carbons (Fsp3) is 0.273. The van der Waals surface area contributed by atoms with E-state index in [9.17, 15) is 14.4 Å². The van der Waals surface area contributed by atoms with Crippen molar-refractivity contribution in [3.05, 3.63) is 59.1 Å². The minimum absolute atomic E-state index is 0.102. The topological polar surface area (TPSA) is 114 Å². The number of rotatable bonds is 7. The van der Waals surface area contributed by atoms with Crippen LogP contribution < -0.4 is 15.4 Å². The molecule has 9 nitrogen and oxygen atoms in total. The van der Waals surface area contributed by atoms with Gasteiger partial charge in [0, 0.05) is 29.8 Å². The van der Waals surface area contributed by atoms with Gasteiger partial charge in [-0.05, 0) is 30.7 Å². The van der Waals surface area contributed by atoms with E-state index in [0.717, 1.165) is 10.9 Å². The Labute approximate surface area is 188 Å². The Morgan fingerprint density at radius 1 is 1.38 bits per heavy atom. The molecule has 0 saturated carbocycles. The third kappa shape index (κ3) is 3.99. The van der Waals surface area contributed by atoms with Crippen molar-refractivity contribution in [3.63, 3.8) is 0 Å². The number of carbonyl (C=O) groups is 3. The van der Waals surface area contributed by atoms with E-state index in [1.54, 1.807) is 42.3 Å². The molecule has 32 heavy (non-hydrogen) atoms. The normalized spacial score (nSPS) is 14.7. The molecule has 2 N–H and O–H groups in total. The Balaban J connectivity index is 1.68. The van der Waals surface area contributed by atoms with Crippen LogP contribution in [0.25, 0.3) is 11.0 Å². The average molecular weight is 457 g/mol. The fourth-order valence-corrected chi connectivity index (χ4v) is 3.96. The summed E-state index contributed by atoms with van der Waals surface area (Å²) in [6.07, 6.45) is 1.92. The van der Waals surface area contributed by atoms with E-state index in [2.05, 4.69) is 15.6 Å². The van der Waals surface area contributed by atoms with Gasteiger partial charge >= 0.3 is 6.03 Å². The fourth-order valence-electron chi connectivity index (χ4n) is 3.81.